The third-order valence-corrected chi connectivity index (χ3v) is 1.30. The second-order valence-electron chi connectivity index (χ2n) is 2.62. The molecule has 0 aliphatic carbocycles. The number of aliphatic carboxylic acids is 1. The Kier molecular flexibility index (Phi) is 13.6. The van der Waals surface area contributed by atoms with Crippen molar-refractivity contribution < 1.29 is 19.4 Å². The Morgan fingerprint density at radius 3 is 2.40 bits per heavy atom. The smallest absolute Gasteiger partial charge is 0.329 e. The van der Waals surface area contributed by atoms with Crippen LogP contribution in [0.15, 0.2) is 12.7 Å². The molecule has 0 spiro atoms. The summed E-state index contributed by atoms with van der Waals surface area (Å²) < 4.78 is 4.74. The molecule has 0 atom stereocenters. The van der Waals surface area contributed by atoms with Gasteiger partial charge in [0.1, 0.15) is 6.61 Å². The number of unbranched alkanes of at least 4 members (excludes halogenated alkanes) is 1. The van der Waals surface area contributed by atoms with Crippen molar-refractivity contribution in [1.29, 1.82) is 0 Å². The fourth-order valence-corrected chi connectivity index (χ4v) is 0.508. The zero-order valence-corrected chi connectivity index (χ0v) is 9.28. The van der Waals surface area contributed by atoms with Crippen molar-refractivity contribution in [2.24, 2.45) is 0 Å². The normalized spacial score (nSPS) is 8.40. The number of carboxylic acid groups (broad SMARTS) is 1. The van der Waals surface area contributed by atoms with Gasteiger partial charge in [-0.15, -0.1) is 0 Å². The zero-order valence-electron chi connectivity index (χ0n) is 9.28. The highest BCUT2D eigenvalue weighted by atomic mass is 16.5. The molecule has 0 aliphatic rings. The van der Waals surface area contributed by atoms with E-state index in [1.165, 1.54) is 6.08 Å². The molecule has 15 heavy (non-hydrogen) atoms. The number of hydrogen-bond acceptors (Lipinski definition) is 3. The summed E-state index contributed by atoms with van der Waals surface area (Å²) in [6, 6.07) is 0. The van der Waals surface area contributed by atoms with Crippen LogP contribution in [-0.4, -0.2) is 37.2 Å². The monoisotopic (exact) mass is 217 g/mol. The Morgan fingerprint density at radius 1 is 1.53 bits per heavy atom. The molecule has 5 nitrogen and oxygen atoms in total. The lowest BCUT2D eigenvalue weighted by molar-refractivity contribution is -0.142. The van der Waals surface area contributed by atoms with Gasteiger partial charge in [0.25, 0.3) is 0 Å². The number of carbonyl (C=O) groups is 2. The third kappa shape index (κ3) is 19.2. The summed E-state index contributed by atoms with van der Waals surface area (Å²) in [6.07, 6.45) is 3.20. The van der Waals surface area contributed by atoms with Gasteiger partial charge in [0.15, 0.2) is 0 Å². The van der Waals surface area contributed by atoms with Gasteiger partial charge in [-0.3, -0.25) is 4.79 Å². The number of carbonyl (C=O) groups excluding carboxylic acids is 1. The minimum Gasteiger partial charge on any atom is -0.480 e. The quantitative estimate of drug-likeness (QED) is 0.510. The van der Waals surface area contributed by atoms with Crippen LogP contribution >= 0.6 is 0 Å². The van der Waals surface area contributed by atoms with Crippen molar-refractivity contribution in [3.8, 4) is 0 Å². The number of hydrogen-bond donors (Lipinski definition) is 2. The van der Waals surface area contributed by atoms with Gasteiger partial charge in [0.2, 0.25) is 5.91 Å². The predicted molar refractivity (Wildman–Crippen MR) is 57.6 cm³/mol. The fourth-order valence-electron chi connectivity index (χ4n) is 0.508. The van der Waals surface area contributed by atoms with Crippen molar-refractivity contribution in [1.82, 2.24) is 5.32 Å². The van der Waals surface area contributed by atoms with E-state index in [1.54, 1.807) is 7.05 Å². The molecule has 2 N–H and O–H groups in total. The number of likely N-dealkylation sites (N-methyl/N-ethyl adjacent to an activating group) is 1. The van der Waals surface area contributed by atoms with Gasteiger partial charge >= 0.3 is 5.97 Å². The number of ether oxygens (including phenoxy) is 1. The molecule has 0 aromatic rings. The molecule has 0 aromatic heterocycles. The maximum atomic E-state index is 9.95. The highest BCUT2D eigenvalue weighted by Gasteiger charge is 1.93. The van der Waals surface area contributed by atoms with Gasteiger partial charge in [-0.2, -0.15) is 0 Å². The molecular formula is C10H19NO4. The summed E-state index contributed by atoms with van der Waals surface area (Å²) in [4.78, 5) is 19.8. The lowest BCUT2D eigenvalue weighted by Crippen LogP contribution is -2.13. The highest BCUT2D eigenvalue weighted by molar-refractivity contribution is 5.86. The molecule has 0 unspecified atom stereocenters. The number of nitrogens with one attached hydrogen (secondary N) is 1. The van der Waals surface area contributed by atoms with Crippen LogP contribution in [0.1, 0.15) is 19.8 Å². The van der Waals surface area contributed by atoms with E-state index >= 15 is 0 Å². The van der Waals surface area contributed by atoms with Gasteiger partial charge < -0.3 is 15.2 Å². The minimum atomic E-state index is -0.897. The standard InChI is InChI=1S/C6H12O3.C4H7NO/c1-2-3-4-9-5-6(7)8;1-3-4(6)5-2/h2-5H2,1H3,(H,7,8);3H,1H2,2H3,(H,5,6). The van der Waals surface area contributed by atoms with E-state index in [0.717, 1.165) is 12.8 Å². The van der Waals surface area contributed by atoms with Gasteiger partial charge in [-0.05, 0) is 12.5 Å². The molecule has 0 fully saturated rings. The van der Waals surface area contributed by atoms with Crippen molar-refractivity contribution in [3.05, 3.63) is 12.7 Å². The zero-order chi connectivity index (χ0) is 12.1. The maximum Gasteiger partial charge on any atom is 0.329 e. The van der Waals surface area contributed by atoms with E-state index < -0.39 is 5.97 Å². The van der Waals surface area contributed by atoms with E-state index in [0.29, 0.717) is 6.61 Å². The highest BCUT2D eigenvalue weighted by Crippen LogP contribution is 1.86. The SMILES string of the molecule is C=CC(=O)NC.CCCCOCC(=O)O. The second-order valence-corrected chi connectivity index (χ2v) is 2.62. The summed E-state index contributed by atoms with van der Waals surface area (Å²) in [5, 5.41) is 10.4. The lowest BCUT2D eigenvalue weighted by atomic mass is 10.4. The first-order chi connectivity index (χ1) is 7.08. The molecule has 88 valence electrons. The number of rotatable bonds is 6. The molecule has 5 heteroatoms. The largest absolute Gasteiger partial charge is 0.480 e. The van der Waals surface area contributed by atoms with Crippen LogP contribution in [0.25, 0.3) is 0 Å². The molecule has 0 heterocycles. The maximum absolute atomic E-state index is 9.95. The average molecular weight is 217 g/mol. The van der Waals surface area contributed by atoms with Gasteiger partial charge in [0, 0.05) is 13.7 Å². The molecule has 1 amide bonds. The van der Waals surface area contributed by atoms with Crippen molar-refractivity contribution in [2.45, 2.75) is 19.8 Å². The molecule has 0 aliphatic heterocycles. The van der Waals surface area contributed by atoms with E-state index in [2.05, 4.69) is 11.9 Å². The fraction of sp³-hybridized carbons (Fsp3) is 0.600. The number of carboxylic acids is 1. The predicted octanol–water partition coefficient (Wildman–Crippen LogP) is 0.806. The summed E-state index contributed by atoms with van der Waals surface area (Å²) in [7, 11) is 1.56. The van der Waals surface area contributed by atoms with Crippen LogP contribution in [0.2, 0.25) is 0 Å². The molecule has 0 aromatic carbocycles. The minimum absolute atomic E-state index is 0.144. The first-order valence-corrected chi connectivity index (χ1v) is 4.72. The summed E-state index contributed by atoms with van der Waals surface area (Å²) in [6.45, 7) is 5.64. The lowest BCUT2D eigenvalue weighted by Gasteiger charge is -1.96. The molecule has 0 radical (unpaired) electrons. The second kappa shape index (κ2) is 12.6. The first-order valence-electron chi connectivity index (χ1n) is 4.72. The first kappa shape index (κ1) is 16.1. The van der Waals surface area contributed by atoms with Gasteiger partial charge in [0.05, 0.1) is 0 Å². The van der Waals surface area contributed by atoms with Gasteiger partial charge in [-0.1, -0.05) is 19.9 Å². The van der Waals surface area contributed by atoms with E-state index in [1.807, 2.05) is 6.92 Å². The molecular weight excluding hydrogens is 198 g/mol. The van der Waals surface area contributed by atoms with E-state index in [-0.39, 0.29) is 12.5 Å². The van der Waals surface area contributed by atoms with Crippen LogP contribution < -0.4 is 5.32 Å². The van der Waals surface area contributed by atoms with Crippen LogP contribution in [0.4, 0.5) is 0 Å². The summed E-state index contributed by atoms with van der Waals surface area (Å²) >= 11 is 0. The Morgan fingerprint density at radius 2 is 2.13 bits per heavy atom. The molecule has 0 saturated heterocycles. The summed E-state index contributed by atoms with van der Waals surface area (Å²) in [5.41, 5.74) is 0. The Bertz CT molecular complexity index is 192. The molecule has 0 rings (SSSR count). The van der Waals surface area contributed by atoms with Crippen LogP contribution in [0.5, 0.6) is 0 Å². The van der Waals surface area contributed by atoms with E-state index in [4.69, 9.17) is 9.84 Å². The number of amides is 1. The van der Waals surface area contributed by atoms with Crippen molar-refractivity contribution in [3.63, 3.8) is 0 Å². The molecule has 0 bridgehead atoms. The average Bonchev–Trinajstić information content (AvgIpc) is 2.24. The van der Waals surface area contributed by atoms with Crippen LogP contribution in [0, 0.1) is 0 Å². The Balaban J connectivity index is 0. The topological polar surface area (TPSA) is 75.6 Å². The summed E-state index contributed by atoms with van der Waals surface area (Å²) in [5.74, 6) is -1.04. The van der Waals surface area contributed by atoms with Gasteiger partial charge in [-0.25, -0.2) is 4.79 Å². The van der Waals surface area contributed by atoms with Crippen LogP contribution in [-0.2, 0) is 14.3 Å². The third-order valence-electron chi connectivity index (χ3n) is 1.30. The Hall–Kier alpha value is -1.36. The van der Waals surface area contributed by atoms with Crippen molar-refractivity contribution >= 4 is 11.9 Å². The Labute approximate surface area is 90.1 Å². The van der Waals surface area contributed by atoms with E-state index in [9.17, 15) is 9.59 Å². The molecule has 0 saturated carbocycles. The van der Waals surface area contributed by atoms with Crippen molar-refractivity contribution in [2.75, 3.05) is 20.3 Å². The van der Waals surface area contributed by atoms with Crippen LogP contribution in [0.3, 0.4) is 0 Å².